The van der Waals surface area contributed by atoms with Gasteiger partial charge in [0, 0.05) is 29.4 Å². The third-order valence-corrected chi connectivity index (χ3v) is 4.27. The van der Waals surface area contributed by atoms with Gasteiger partial charge in [0.15, 0.2) is 0 Å². The van der Waals surface area contributed by atoms with E-state index in [0.717, 1.165) is 11.3 Å². The van der Waals surface area contributed by atoms with Crippen LogP contribution in [0.25, 0.3) is 0 Å². The van der Waals surface area contributed by atoms with Gasteiger partial charge in [0.25, 0.3) is 0 Å². The molecular weight excluding hydrogens is 312 g/mol. The van der Waals surface area contributed by atoms with Gasteiger partial charge in [0.2, 0.25) is 11.8 Å². The number of aryl methyl sites for hydroxylation is 1. The second-order valence-corrected chi connectivity index (χ2v) is 6.12. The van der Waals surface area contributed by atoms with E-state index in [1.54, 1.807) is 29.2 Å². The standard InChI is InChI=1S/C18H17ClN2O2/c1-12-4-2-3-5-16(12)21-11-13(10-17(21)22)18(23)20-15-8-6-14(19)7-9-15/h2-9,13H,10-11H2,1H3,(H,20,23)/t13-/m0/s1. The largest absolute Gasteiger partial charge is 0.326 e. The maximum absolute atomic E-state index is 12.4. The van der Waals surface area contributed by atoms with Crippen molar-refractivity contribution in [3.8, 4) is 0 Å². The van der Waals surface area contributed by atoms with Gasteiger partial charge < -0.3 is 10.2 Å². The summed E-state index contributed by atoms with van der Waals surface area (Å²) in [7, 11) is 0. The predicted octanol–water partition coefficient (Wildman–Crippen LogP) is 3.64. The first kappa shape index (κ1) is 15.6. The molecule has 1 heterocycles. The van der Waals surface area contributed by atoms with Gasteiger partial charge in [0.1, 0.15) is 0 Å². The van der Waals surface area contributed by atoms with E-state index in [-0.39, 0.29) is 24.2 Å². The Labute approximate surface area is 140 Å². The van der Waals surface area contributed by atoms with Crippen LogP contribution in [0, 0.1) is 12.8 Å². The van der Waals surface area contributed by atoms with E-state index in [0.29, 0.717) is 17.3 Å². The lowest BCUT2D eigenvalue weighted by Crippen LogP contribution is -2.28. The van der Waals surface area contributed by atoms with E-state index in [2.05, 4.69) is 5.32 Å². The highest BCUT2D eigenvalue weighted by Crippen LogP contribution is 2.28. The zero-order valence-corrected chi connectivity index (χ0v) is 13.5. The van der Waals surface area contributed by atoms with Crippen molar-refractivity contribution in [2.75, 3.05) is 16.8 Å². The van der Waals surface area contributed by atoms with E-state index in [1.165, 1.54) is 0 Å². The molecule has 0 spiro atoms. The monoisotopic (exact) mass is 328 g/mol. The molecule has 1 aliphatic heterocycles. The number of rotatable bonds is 3. The first-order chi connectivity index (χ1) is 11.0. The molecule has 1 fully saturated rings. The Balaban J connectivity index is 1.71. The van der Waals surface area contributed by atoms with Crippen LogP contribution in [0.4, 0.5) is 11.4 Å². The highest BCUT2D eigenvalue weighted by Gasteiger charge is 2.35. The van der Waals surface area contributed by atoms with Crippen molar-refractivity contribution in [3.63, 3.8) is 0 Å². The van der Waals surface area contributed by atoms with Gasteiger partial charge in [-0.25, -0.2) is 0 Å². The highest BCUT2D eigenvalue weighted by atomic mass is 35.5. The number of anilines is 2. The summed E-state index contributed by atoms with van der Waals surface area (Å²) in [6, 6.07) is 14.6. The number of halogens is 1. The van der Waals surface area contributed by atoms with Crippen LogP contribution >= 0.6 is 11.6 Å². The fourth-order valence-electron chi connectivity index (χ4n) is 2.76. The molecule has 2 amide bonds. The number of amides is 2. The summed E-state index contributed by atoms with van der Waals surface area (Å²) in [6.45, 7) is 2.37. The number of carbonyl (C=O) groups excluding carboxylic acids is 2. The number of para-hydroxylation sites is 1. The average molecular weight is 329 g/mol. The summed E-state index contributed by atoms with van der Waals surface area (Å²) >= 11 is 5.83. The molecule has 0 radical (unpaired) electrons. The fraction of sp³-hybridized carbons (Fsp3) is 0.222. The van der Waals surface area contributed by atoms with E-state index < -0.39 is 0 Å². The summed E-state index contributed by atoms with van der Waals surface area (Å²) in [5.41, 5.74) is 2.58. The molecule has 3 rings (SSSR count). The Morgan fingerprint density at radius 2 is 1.87 bits per heavy atom. The number of benzene rings is 2. The normalized spacial score (nSPS) is 17.4. The van der Waals surface area contributed by atoms with Gasteiger partial charge in [-0.1, -0.05) is 29.8 Å². The molecule has 2 aromatic carbocycles. The van der Waals surface area contributed by atoms with Crippen molar-refractivity contribution < 1.29 is 9.59 Å². The molecule has 0 unspecified atom stereocenters. The molecular formula is C18H17ClN2O2. The maximum Gasteiger partial charge on any atom is 0.229 e. The van der Waals surface area contributed by atoms with Crippen LogP contribution in [-0.2, 0) is 9.59 Å². The molecule has 2 aromatic rings. The molecule has 118 valence electrons. The third-order valence-electron chi connectivity index (χ3n) is 4.01. The Bertz CT molecular complexity index is 743. The van der Waals surface area contributed by atoms with Crippen LogP contribution in [0.1, 0.15) is 12.0 Å². The summed E-state index contributed by atoms with van der Waals surface area (Å²) in [4.78, 5) is 26.3. The van der Waals surface area contributed by atoms with Crippen molar-refractivity contribution in [3.05, 3.63) is 59.1 Å². The van der Waals surface area contributed by atoms with Crippen molar-refractivity contribution in [2.24, 2.45) is 5.92 Å². The van der Waals surface area contributed by atoms with E-state index >= 15 is 0 Å². The summed E-state index contributed by atoms with van der Waals surface area (Å²) in [5, 5.41) is 3.46. The van der Waals surface area contributed by atoms with Crippen molar-refractivity contribution in [1.29, 1.82) is 0 Å². The average Bonchev–Trinajstić information content (AvgIpc) is 2.92. The Morgan fingerprint density at radius 1 is 1.17 bits per heavy atom. The molecule has 4 nitrogen and oxygen atoms in total. The minimum Gasteiger partial charge on any atom is -0.326 e. The van der Waals surface area contributed by atoms with Crippen LogP contribution in [0.5, 0.6) is 0 Å². The number of hydrogen-bond acceptors (Lipinski definition) is 2. The minimum absolute atomic E-state index is 0.0180. The maximum atomic E-state index is 12.4. The third kappa shape index (κ3) is 3.37. The molecule has 1 saturated heterocycles. The van der Waals surface area contributed by atoms with Crippen molar-refractivity contribution >= 4 is 34.8 Å². The molecule has 5 heteroatoms. The molecule has 23 heavy (non-hydrogen) atoms. The van der Waals surface area contributed by atoms with Gasteiger partial charge in [0.05, 0.1) is 5.92 Å². The SMILES string of the molecule is Cc1ccccc1N1C[C@@H](C(=O)Nc2ccc(Cl)cc2)CC1=O. The number of carbonyl (C=O) groups is 2. The molecule has 0 bridgehead atoms. The fourth-order valence-corrected chi connectivity index (χ4v) is 2.89. The Morgan fingerprint density at radius 3 is 2.57 bits per heavy atom. The van der Waals surface area contributed by atoms with Gasteiger partial charge in [-0.2, -0.15) is 0 Å². The predicted molar refractivity (Wildman–Crippen MR) is 91.7 cm³/mol. The van der Waals surface area contributed by atoms with Crippen LogP contribution < -0.4 is 10.2 Å². The van der Waals surface area contributed by atoms with Crippen LogP contribution in [0.3, 0.4) is 0 Å². The summed E-state index contributed by atoms with van der Waals surface area (Å²) in [5.74, 6) is -0.509. The van der Waals surface area contributed by atoms with Gasteiger partial charge in [-0.3, -0.25) is 9.59 Å². The van der Waals surface area contributed by atoms with Gasteiger partial charge in [-0.15, -0.1) is 0 Å². The number of hydrogen-bond donors (Lipinski definition) is 1. The first-order valence-electron chi connectivity index (χ1n) is 7.47. The van der Waals surface area contributed by atoms with E-state index in [9.17, 15) is 9.59 Å². The second kappa shape index (κ2) is 6.42. The smallest absolute Gasteiger partial charge is 0.229 e. The molecule has 1 atom stereocenters. The highest BCUT2D eigenvalue weighted by molar-refractivity contribution is 6.30. The molecule has 0 saturated carbocycles. The van der Waals surface area contributed by atoms with Crippen LogP contribution in [0.2, 0.25) is 5.02 Å². The lowest BCUT2D eigenvalue weighted by molar-refractivity contribution is -0.122. The first-order valence-corrected chi connectivity index (χ1v) is 7.85. The summed E-state index contributed by atoms with van der Waals surface area (Å²) in [6.07, 6.45) is 0.230. The number of nitrogens with zero attached hydrogens (tertiary/aromatic N) is 1. The quantitative estimate of drug-likeness (QED) is 0.935. The van der Waals surface area contributed by atoms with Crippen LogP contribution in [-0.4, -0.2) is 18.4 Å². The minimum atomic E-state index is -0.349. The topological polar surface area (TPSA) is 49.4 Å². The molecule has 0 aliphatic carbocycles. The van der Waals surface area contributed by atoms with Crippen molar-refractivity contribution in [2.45, 2.75) is 13.3 Å². The van der Waals surface area contributed by atoms with Crippen LogP contribution in [0.15, 0.2) is 48.5 Å². The van der Waals surface area contributed by atoms with E-state index in [1.807, 2.05) is 31.2 Å². The molecule has 1 N–H and O–H groups in total. The van der Waals surface area contributed by atoms with Crippen molar-refractivity contribution in [1.82, 2.24) is 0 Å². The van der Waals surface area contributed by atoms with E-state index in [4.69, 9.17) is 11.6 Å². The molecule has 1 aliphatic rings. The van der Waals surface area contributed by atoms with Gasteiger partial charge >= 0.3 is 0 Å². The lowest BCUT2D eigenvalue weighted by Gasteiger charge is -2.19. The molecule has 0 aromatic heterocycles. The zero-order valence-electron chi connectivity index (χ0n) is 12.8. The van der Waals surface area contributed by atoms with Gasteiger partial charge in [-0.05, 0) is 42.8 Å². The Kier molecular flexibility index (Phi) is 4.35. The number of nitrogens with one attached hydrogen (secondary N) is 1. The lowest BCUT2D eigenvalue weighted by atomic mass is 10.1. The summed E-state index contributed by atoms with van der Waals surface area (Å²) < 4.78 is 0. The zero-order chi connectivity index (χ0) is 16.4. The second-order valence-electron chi connectivity index (χ2n) is 5.69. The Hall–Kier alpha value is -2.33.